The number of carbonyl (C=O) groups is 3. The zero-order valence-corrected chi connectivity index (χ0v) is 15.1. The van der Waals surface area contributed by atoms with Crippen LogP contribution in [0.3, 0.4) is 0 Å². The summed E-state index contributed by atoms with van der Waals surface area (Å²) in [4.78, 5) is 36.8. The van der Waals surface area contributed by atoms with Crippen LogP contribution in [0.5, 0.6) is 0 Å². The highest BCUT2D eigenvalue weighted by molar-refractivity contribution is 7.12. The highest BCUT2D eigenvalue weighted by Gasteiger charge is 2.17. The van der Waals surface area contributed by atoms with Crippen molar-refractivity contribution in [2.45, 2.75) is 19.4 Å². The number of carboxylic acids is 1. The van der Waals surface area contributed by atoms with E-state index in [0.717, 1.165) is 12.1 Å². The number of thiophene rings is 1. The number of carbonyl (C=O) groups excluding carboxylic acids is 2. The Hall–Kier alpha value is -2.81. The lowest BCUT2D eigenvalue weighted by Crippen LogP contribution is -2.35. The van der Waals surface area contributed by atoms with E-state index in [9.17, 15) is 23.2 Å². The van der Waals surface area contributed by atoms with Crippen LogP contribution in [0.2, 0.25) is 0 Å². The van der Waals surface area contributed by atoms with Crippen molar-refractivity contribution in [3.05, 3.63) is 57.8 Å². The lowest BCUT2D eigenvalue weighted by Gasteiger charge is -2.22. The molecule has 2 rings (SSSR count). The molecule has 0 saturated carbocycles. The molecule has 1 aromatic heterocycles. The standard InChI is InChI=1S/C18H18F2N2O4S/c19-13-4-3-12(10-14(13)20)11-22(8-6-17(24)25)16(23)5-7-21-18(26)15-2-1-9-27-15/h1-4,9-10H,5-8,11H2,(H,21,26)(H,24,25). The van der Waals surface area contributed by atoms with Crippen LogP contribution in [0.15, 0.2) is 35.7 Å². The molecule has 6 nitrogen and oxygen atoms in total. The number of benzene rings is 1. The van der Waals surface area contributed by atoms with Crippen LogP contribution in [-0.4, -0.2) is 40.9 Å². The third-order valence-corrected chi connectivity index (χ3v) is 4.54. The van der Waals surface area contributed by atoms with Gasteiger partial charge in [-0.15, -0.1) is 11.3 Å². The molecule has 0 atom stereocenters. The van der Waals surface area contributed by atoms with E-state index in [1.54, 1.807) is 17.5 Å². The maximum absolute atomic E-state index is 13.4. The summed E-state index contributed by atoms with van der Waals surface area (Å²) in [5.41, 5.74) is 0.343. The topological polar surface area (TPSA) is 86.7 Å². The molecule has 2 amide bonds. The largest absolute Gasteiger partial charge is 0.481 e. The fourth-order valence-corrected chi connectivity index (χ4v) is 2.96. The van der Waals surface area contributed by atoms with Crippen molar-refractivity contribution in [3.8, 4) is 0 Å². The van der Waals surface area contributed by atoms with Crippen molar-refractivity contribution in [2.75, 3.05) is 13.1 Å². The third kappa shape index (κ3) is 6.45. The average Bonchev–Trinajstić information content (AvgIpc) is 3.16. The summed E-state index contributed by atoms with van der Waals surface area (Å²) in [6.07, 6.45) is -0.322. The van der Waals surface area contributed by atoms with E-state index >= 15 is 0 Å². The van der Waals surface area contributed by atoms with Crippen molar-refractivity contribution < 1.29 is 28.3 Å². The number of rotatable bonds is 9. The first-order chi connectivity index (χ1) is 12.9. The Bertz CT molecular complexity index is 812. The van der Waals surface area contributed by atoms with E-state index < -0.39 is 23.5 Å². The van der Waals surface area contributed by atoms with Gasteiger partial charge in [0.2, 0.25) is 5.91 Å². The number of carboxylic acid groups (broad SMARTS) is 1. The predicted molar refractivity (Wildman–Crippen MR) is 95.3 cm³/mol. The molecule has 144 valence electrons. The summed E-state index contributed by atoms with van der Waals surface area (Å²) in [5, 5.41) is 13.2. The van der Waals surface area contributed by atoms with Crippen molar-refractivity contribution in [1.82, 2.24) is 10.2 Å². The molecular weight excluding hydrogens is 378 g/mol. The van der Waals surface area contributed by atoms with Gasteiger partial charge in [0.05, 0.1) is 11.3 Å². The zero-order chi connectivity index (χ0) is 19.8. The van der Waals surface area contributed by atoms with Crippen LogP contribution < -0.4 is 5.32 Å². The molecule has 2 N–H and O–H groups in total. The first-order valence-electron chi connectivity index (χ1n) is 8.12. The van der Waals surface area contributed by atoms with Gasteiger partial charge in [-0.3, -0.25) is 14.4 Å². The summed E-state index contributed by atoms with van der Waals surface area (Å²) >= 11 is 1.27. The second-order valence-corrected chi connectivity index (χ2v) is 6.64. The molecule has 0 bridgehead atoms. The molecule has 0 unspecified atom stereocenters. The predicted octanol–water partition coefficient (Wildman–Crippen LogP) is 2.65. The normalized spacial score (nSPS) is 10.4. The third-order valence-electron chi connectivity index (χ3n) is 3.68. The van der Waals surface area contributed by atoms with E-state index in [0.29, 0.717) is 10.4 Å². The van der Waals surface area contributed by atoms with E-state index in [-0.39, 0.29) is 38.4 Å². The average molecular weight is 396 g/mol. The summed E-state index contributed by atoms with van der Waals surface area (Å²) in [6, 6.07) is 6.64. The van der Waals surface area contributed by atoms with Crippen molar-refractivity contribution >= 4 is 29.1 Å². The van der Waals surface area contributed by atoms with Gasteiger partial charge in [0, 0.05) is 26.1 Å². The lowest BCUT2D eigenvalue weighted by molar-refractivity contribution is -0.138. The number of halogens is 2. The van der Waals surface area contributed by atoms with Crippen molar-refractivity contribution in [2.24, 2.45) is 0 Å². The van der Waals surface area contributed by atoms with Crippen molar-refractivity contribution in [1.29, 1.82) is 0 Å². The number of aliphatic carboxylic acids is 1. The fraction of sp³-hybridized carbons (Fsp3) is 0.278. The molecule has 2 aromatic rings. The van der Waals surface area contributed by atoms with Gasteiger partial charge < -0.3 is 15.3 Å². The SMILES string of the molecule is O=C(O)CCN(Cc1ccc(F)c(F)c1)C(=O)CCNC(=O)c1cccs1. The van der Waals surface area contributed by atoms with Crippen LogP contribution in [-0.2, 0) is 16.1 Å². The first-order valence-corrected chi connectivity index (χ1v) is 9.00. The molecule has 0 saturated heterocycles. The Morgan fingerprint density at radius 3 is 2.52 bits per heavy atom. The second kappa shape index (κ2) is 9.77. The van der Waals surface area contributed by atoms with Gasteiger partial charge in [0.25, 0.3) is 5.91 Å². The minimum Gasteiger partial charge on any atom is -0.481 e. The Kier molecular flexibility index (Phi) is 7.42. The molecule has 0 aliphatic rings. The molecule has 1 aromatic carbocycles. The van der Waals surface area contributed by atoms with Gasteiger partial charge in [-0.2, -0.15) is 0 Å². The summed E-state index contributed by atoms with van der Waals surface area (Å²) < 4.78 is 26.4. The van der Waals surface area contributed by atoms with E-state index in [1.807, 2.05) is 0 Å². The van der Waals surface area contributed by atoms with Gasteiger partial charge in [-0.25, -0.2) is 8.78 Å². The Labute approximate surface area is 158 Å². The molecule has 0 aliphatic heterocycles. The minimum atomic E-state index is -1.08. The Morgan fingerprint density at radius 1 is 1.11 bits per heavy atom. The highest BCUT2D eigenvalue weighted by atomic mass is 32.1. The van der Waals surface area contributed by atoms with Crippen LogP contribution in [0.25, 0.3) is 0 Å². The highest BCUT2D eigenvalue weighted by Crippen LogP contribution is 2.12. The molecular formula is C18H18F2N2O4S. The minimum absolute atomic E-state index is 0.0413. The first kappa shape index (κ1) is 20.5. The van der Waals surface area contributed by atoms with Crippen LogP contribution in [0, 0.1) is 11.6 Å². The summed E-state index contributed by atoms with van der Waals surface area (Å²) in [5.74, 6) is -3.81. The number of hydrogen-bond donors (Lipinski definition) is 2. The quantitative estimate of drug-likeness (QED) is 0.682. The Morgan fingerprint density at radius 2 is 1.89 bits per heavy atom. The number of hydrogen-bond acceptors (Lipinski definition) is 4. The van der Waals surface area contributed by atoms with E-state index in [1.165, 1.54) is 22.3 Å². The van der Waals surface area contributed by atoms with E-state index in [4.69, 9.17) is 5.11 Å². The molecule has 27 heavy (non-hydrogen) atoms. The smallest absolute Gasteiger partial charge is 0.305 e. The van der Waals surface area contributed by atoms with Gasteiger partial charge in [-0.05, 0) is 29.1 Å². The maximum atomic E-state index is 13.4. The molecule has 0 radical (unpaired) electrons. The molecule has 0 fully saturated rings. The maximum Gasteiger partial charge on any atom is 0.305 e. The lowest BCUT2D eigenvalue weighted by atomic mass is 10.2. The Balaban J connectivity index is 1.94. The van der Waals surface area contributed by atoms with Gasteiger partial charge in [0.15, 0.2) is 11.6 Å². The van der Waals surface area contributed by atoms with Gasteiger partial charge in [-0.1, -0.05) is 12.1 Å². The number of nitrogens with one attached hydrogen (secondary N) is 1. The number of amides is 2. The van der Waals surface area contributed by atoms with Gasteiger partial charge in [0.1, 0.15) is 0 Å². The van der Waals surface area contributed by atoms with Crippen LogP contribution in [0.1, 0.15) is 28.1 Å². The van der Waals surface area contributed by atoms with Crippen LogP contribution >= 0.6 is 11.3 Å². The second-order valence-electron chi connectivity index (χ2n) is 5.69. The summed E-state index contributed by atoms with van der Waals surface area (Å²) in [6.45, 7) is -0.0505. The summed E-state index contributed by atoms with van der Waals surface area (Å²) in [7, 11) is 0. The monoisotopic (exact) mass is 396 g/mol. The van der Waals surface area contributed by atoms with Crippen LogP contribution in [0.4, 0.5) is 8.78 Å². The molecule has 9 heteroatoms. The zero-order valence-electron chi connectivity index (χ0n) is 14.3. The molecule has 1 heterocycles. The van der Waals surface area contributed by atoms with Gasteiger partial charge >= 0.3 is 5.97 Å². The van der Waals surface area contributed by atoms with Crippen molar-refractivity contribution in [3.63, 3.8) is 0 Å². The molecule has 0 spiro atoms. The fourth-order valence-electron chi connectivity index (χ4n) is 2.32. The van der Waals surface area contributed by atoms with E-state index in [2.05, 4.69) is 5.32 Å². The molecule has 0 aliphatic carbocycles. The number of nitrogens with zero attached hydrogens (tertiary/aromatic N) is 1.